The highest BCUT2D eigenvalue weighted by atomic mass is 16.7. The third-order valence-corrected chi connectivity index (χ3v) is 3.83. The normalized spacial score (nSPS) is 16.5. The number of pyridine rings is 1. The summed E-state index contributed by atoms with van der Waals surface area (Å²) in [5.41, 5.74) is 2.99. The number of ether oxygens (including phenoxy) is 3. The number of aryl methyl sites for hydroxylation is 1. The first-order valence-electron chi connectivity index (χ1n) is 7.65. The highest BCUT2D eigenvalue weighted by Gasteiger charge is 2.23. The highest BCUT2D eigenvalue weighted by Crippen LogP contribution is 2.38. The van der Waals surface area contributed by atoms with Crippen molar-refractivity contribution in [1.82, 2.24) is 4.98 Å². The summed E-state index contributed by atoms with van der Waals surface area (Å²) in [5, 5.41) is 0.945. The summed E-state index contributed by atoms with van der Waals surface area (Å²) >= 11 is 0. The summed E-state index contributed by atoms with van der Waals surface area (Å²) in [4.78, 5) is 4.53. The van der Waals surface area contributed by atoms with E-state index in [0.717, 1.165) is 27.9 Å². The van der Waals surface area contributed by atoms with Crippen LogP contribution in [-0.2, 0) is 11.3 Å². The molecule has 2 aromatic carbocycles. The zero-order chi connectivity index (χ0) is 15.6. The molecule has 1 atom stereocenters. The zero-order valence-electron chi connectivity index (χ0n) is 12.9. The largest absolute Gasteiger partial charge is 0.483 e. The molecule has 0 radical (unpaired) electrons. The van der Waals surface area contributed by atoms with E-state index in [1.165, 1.54) is 0 Å². The Morgan fingerprint density at radius 2 is 1.96 bits per heavy atom. The Kier molecular flexibility index (Phi) is 3.60. The molecule has 1 aliphatic heterocycles. The minimum Gasteiger partial charge on any atom is -0.483 e. The lowest BCUT2D eigenvalue weighted by Gasteiger charge is -2.27. The molecule has 4 rings (SSSR count). The van der Waals surface area contributed by atoms with Gasteiger partial charge in [0.25, 0.3) is 0 Å². The fraction of sp³-hybridized carbons (Fsp3) is 0.211. The van der Waals surface area contributed by atoms with E-state index in [0.29, 0.717) is 19.0 Å². The Morgan fingerprint density at radius 1 is 1.09 bits per heavy atom. The maximum Gasteiger partial charge on any atom is 0.234 e. The first-order chi connectivity index (χ1) is 11.3. The van der Waals surface area contributed by atoms with E-state index in [1.54, 1.807) is 0 Å². The molecule has 4 heteroatoms. The van der Waals surface area contributed by atoms with Crippen LogP contribution in [-0.4, -0.2) is 17.9 Å². The van der Waals surface area contributed by atoms with Gasteiger partial charge in [0.15, 0.2) is 18.1 Å². The molecular formula is C19H17NO3. The number of rotatable bonds is 3. The molecule has 0 bridgehead atoms. The van der Waals surface area contributed by atoms with E-state index < -0.39 is 6.29 Å². The monoisotopic (exact) mass is 307 g/mol. The van der Waals surface area contributed by atoms with Crippen LogP contribution in [0.4, 0.5) is 0 Å². The minimum absolute atomic E-state index is 0.380. The van der Waals surface area contributed by atoms with Crippen molar-refractivity contribution in [3.05, 3.63) is 65.9 Å². The smallest absolute Gasteiger partial charge is 0.234 e. The van der Waals surface area contributed by atoms with Crippen molar-refractivity contribution in [2.24, 2.45) is 0 Å². The van der Waals surface area contributed by atoms with Crippen molar-refractivity contribution in [1.29, 1.82) is 0 Å². The Balaban J connectivity index is 1.56. The molecule has 0 saturated heterocycles. The molecule has 1 unspecified atom stereocenters. The van der Waals surface area contributed by atoms with Gasteiger partial charge in [0, 0.05) is 11.1 Å². The van der Waals surface area contributed by atoms with Crippen LogP contribution in [0.5, 0.6) is 11.5 Å². The lowest BCUT2D eigenvalue weighted by Crippen LogP contribution is -2.31. The Bertz CT molecular complexity index is 833. The maximum absolute atomic E-state index is 6.02. The molecule has 0 N–H and O–H groups in total. The van der Waals surface area contributed by atoms with Gasteiger partial charge in [-0.1, -0.05) is 30.3 Å². The van der Waals surface area contributed by atoms with Gasteiger partial charge >= 0.3 is 0 Å². The van der Waals surface area contributed by atoms with Gasteiger partial charge in [-0.2, -0.15) is 0 Å². The molecule has 0 saturated carbocycles. The predicted molar refractivity (Wildman–Crippen MR) is 87.6 cm³/mol. The maximum atomic E-state index is 6.02. The van der Waals surface area contributed by atoms with Gasteiger partial charge in [0.1, 0.15) is 0 Å². The highest BCUT2D eigenvalue weighted by molar-refractivity contribution is 5.88. The van der Waals surface area contributed by atoms with Crippen molar-refractivity contribution >= 4 is 10.9 Å². The van der Waals surface area contributed by atoms with Gasteiger partial charge in [-0.15, -0.1) is 0 Å². The van der Waals surface area contributed by atoms with Crippen LogP contribution < -0.4 is 9.47 Å². The molecule has 0 fully saturated rings. The van der Waals surface area contributed by atoms with Crippen LogP contribution >= 0.6 is 0 Å². The number of nitrogens with zero attached hydrogens (tertiary/aromatic N) is 1. The number of hydrogen-bond acceptors (Lipinski definition) is 4. The van der Waals surface area contributed by atoms with Crippen molar-refractivity contribution < 1.29 is 14.2 Å². The third kappa shape index (κ3) is 2.85. The van der Waals surface area contributed by atoms with Crippen molar-refractivity contribution in [2.75, 3.05) is 6.61 Å². The van der Waals surface area contributed by atoms with Crippen molar-refractivity contribution in [3.8, 4) is 11.5 Å². The number of benzene rings is 2. The lowest BCUT2D eigenvalue weighted by atomic mass is 10.1. The average molecular weight is 307 g/mol. The third-order valence-electron chi connectivity index (χ3n) is 3.83. The first-order valence-corrected chi connectivity index (χ1v) is 7.65. The molecule has 0 amide bonds. The van der Waals surface area contributed by atoms with Crippen LogP contribution in [0, 0.1) is 6.92 Å². The van der Waals surface area contributed by atoms with Crippen LogP contribution in [0.15, 0.2) is 54.6 Å². The van der Waals surface area contributed by atoms with Crippen LogP contribution in [0.3, 0.4) is 0 Å². The standard InChI is InChI=1S/C19H17NO3/c1-13-7-8-15-16(20-13)9-10-17-19(15)23-18(12-21-17)22-11-14-5-3-2-4-6-14/h2-10,18H,11-12H2,1H3. The van der Waals surface area contributed by atoms with E-state index in [9.17, 15) is 0 Å². The molecule has 2 heterocycles. The summed E-state index contributed by atoms with van der Waals surface area (Å²) in [7, 11) is 0. The van der Waals surface area contributed by atoms with Gasteiger partial charge in [-0.3, -0.25) is 4.98 Å². The molecule has 1 aliphatic rings. The molecule has 23 heavy (non-hydrogen) atoms. The van der Waals surface area contributed by atoms with E-state index in [-0.39, 0.29) is 0 Å². The number of fused-ring (bicyclic) bond motifs is 3. The van der Waals surface area contributed by atoms with E-state index in [4.69, 9.17) is 14.2 Å². The second-order valence-corrected chi connectivity index (χ2v) is 5.57. The SMILES string of the molecule is Cc1ccc2c3c(ccc2n1)OCC(OCc1ccccc1)O3. The van der Waals surface area contributed by atoms with Crippen molar-refractivity contribution in [3.63, 3.8) is 0 Å². The van der Waals surface area contributed by atoms with Crippen LogP contribution in [0.25, 0.3) is 10.9 Å². The minimum atomic E-state index is -0.422. The van der Waals surface area contributed by atoms with Crippen LogP contribution in [0.2, 0.25) is 0 Å². The molecule has 3 aromatic rings. The second-order valence-electron chi connectivity index (χ2n) is 5.57. The van der Waals surface area contributed by atoms with E-state index in [2.05, 4.69) is 4.98 Å². The van der Waals surface area contributed by atoms with Crippen LogP contribution in [0.1, 0.15) is 11.3 Å². The van der Waals surface area contributed by atoms with Gasteiger partial charge in [-0.25, -0.2) is 0 Å². The first kappa shape index (κ1) is 14.0. The Labute approximate surface area is 134 Å². The van der Waals surface area contributed by atoms with Gasteiger partial charge < -0.3 is 14.2 Å². The molecule has 1 aromatic heterocycles. The molecule has 0 spiro atoms. The fourth-order valence-corrected chi connectivity index (χ4v) is 2.66. The van der Waals surface area contributed by atoms with Gasteiger partial charge in [0.2, 0.25) is 6.29 Å². The summed E-state index contributed by atoms with van der Waals surface area (Å²) in [6.45, 7) is 2.85. The van der Waals surface area contributed by atoms with Gasteiger partial charge in [0.05, 0.1) is 12.1 Å². The Morgan fingerprint density at radius 3 is 2.83 bits per heavy atom. The lowest BCUT2D eigenvalue weighted by molar-refractivity contribution is -0.122. The Hall–Kier alpha value is -2.59. The molecule has 0 aliphatic carbocycles. The predicted octanol–water partition coefficient (Wildman–Crippen LogP) is 3.86. The summed E-state index contributed by atoms with van der Waals surface area (Å²) in [5.74, 6) is 1.45. The molecular weight excluding hydrogens is 290 g/mol. The van der Waals surface area contributed by atoms with Crippen molar-refractivity contribution in [2.45, 2.75) is 19.8 Å². The zero-order valence-corrected chi connectivity index (χ0v) is 12.9. The van der Waals surface area contributed by atoms with E-state index in [1.807, 2.05) is 61.5 Å². The number of hydrogen-bond donors (Lipinski definition) is 0. The van der Waals surface area contributed by atoms with E-state index >= 15 is 0 Å². The summed E-state index contributed by atoms with van der Waals surface area (Å²) in [6, 6.07) is 17.9. The second kappa shape index (κ2) is 5.89. The topological polar surface area (TPSA) is 40.6 Å². The fourth-order valence-electron chi connectivity index (χ4n) is 2.66. The van der Waals surface area contributed by atoms with Gasteiger partial charge in [-0.05, 0) is 36.8 Å². The molecule has 4 nitrogen and oxygen atoms in total. The number of aromatic nitrogens is 1. The quantitative estimate of drug-likeness (QED) is 0.737. The molecule has 116 valence electrons. The summed E-state index contributed by atoms with van der Waals surface area (Å²) in [6.07, 6.45) is -0.422. The average Bonchev–Trinajstić information content (AvgIpc) is 2.60. The summed E-state index contributed by atoms with van der Waals surface area (Å²) < 4.78 is 17.6.